The SMILES string of the molecule is O=c1cccc2oc3ccc4nc5ccccc5cc4c3cc1-2. The average molecular weight is 297 g/mol. The number of pyridine rings is 1. The van der Waals surface area contributed by atoms with Crippen molar-refractivity contribution in [1.82, 2.24) is 4.98 Å². The number of nitrogens with zero attached hydrogens (tertiary/aromatic N) is 1. The lowest BCUT2D eigenvalue weighted by atomic mass is 10.0. The molecule has 23 heavy (non-hydrogen) atoms. The molecule has 0 amide bonds. The molecule has 0 radical (unpaired) electrons. The Morgan fingerprint density at radius 2 is 1.70 bits per heavy atom. The van der Waals surface area contributed by atoms with Crippen molar-refractivity contribution in [3.8, 4) is 11.3 Å². The summed E-state index contributed by atoms with van der Waals surface area (Å²) in [6.07, 6.45) is 0. The van der Waals surface area contributed by atoms with Gasteiger partial charge in [0.1, 0.15) is 11.3 Å². The molecule has 3 heteroatoms. The minimum atomic E-state index is -0.0288. The highest BCUT2D eigenvalue weighted by molar-refractivity contribution is 6.09. The molecule has 2 aromatic carbocycles. The minimum absolute atomic E-state index is 0.0288. The summed E-state index contributed by atoms with van der Waals surface area (Å²) in [5, 5.41) is 2.98. The summed E-state index contributed by atoms with van der Waals surface area (Å²) < 4.78 is 5.92. The van der Waals surface area contributed by atoms with Crippen LogP contribution in [0.3, 0.4) is 0 Å². The number of hydrogen-bond donors (Lipinski definition) is 0. The monoisotopic (exact) mass is 297 g/mol. The fraction of sp³-hybridized carbons (Fsp3) is 0. The van der Waals surface area contributed by atoms with Crippen LogP contribution in [0.15, 0.2) is 75.9 Å². The lowest BCUT2D eigenvalue weighted by Gasteiger charge is -2.09. The van der Waals surface area contributed by atoms with Crippen LogP contribution < -0.4 is 5.43 Å². The summed E-state index contributed by atoms with van der Waals surface area (Å²) in [6.45, 7) is 0. The fourth-order valence-electron chi connectivity index (χ4n) is 3.11. The first-order valence-corrected chi connectivity index (χ1v) is 7.45. The van der Waals surface area contributed by atoms with Crippen LogP contribution in [0.2, 0.25) is 0 Å². The van der Waals surface area contributed by atoms with Gasteiger partial charge in [-0.1, -0.05) is 24.3 Å². The molecule has 108 valence electrons. The Kier molecular flexibility index (Phi) is 2.36. The van der Waals surface area contributed by atoms with Gasteiger partial charge in [-0.25, -0.2) is 4.98 Å². The molecular formula is C20H11NO2. The number of benzene rings is 3. The molecule has 0 unspecified atom stereocenters. The molecule has 0 saturated heterocycles. The van der Waals surface area contributed by atoms with E-state index in [1.165, 1.54) is 0 Å². The first-order valence-electron chi connectivity index (χ1n) is 7.45. The second kappa shape index (κ2) is 4.40. The van der Waals surface area contributed by atoms with E-state index in [1.807, 2.05) is 48.5 Å². The summed E-state index contributed by atoms with van der Waals surface area (Å²) in [5.41, 5.74) is 3.18. The van der Waals surface area contributed by atoms with E-state index in [-0.39, 0.29) is 5.43 Å². The minimum Gasteiger partial charge on any atom is -0.456 e. The van der Waals surface area contributed by atoms with Gasteiger partial charge in [-0.05, 0) is 42.5 Å². The normalized spacial score (nSPS) is 11.7. The maximum Gasteiger partial charge on any atom is 0.189 e. The molecule has 1 aliphatic carbocycles. The van der Waals surface area contributed by atoms with Crippen LogP contribution in [-0.2, 0) is 0 Å². The van der Waals surface area contributed by atoms with E-state index in [0.29, 0.717) is 11.3 Å². The maximum absolute atomic E-state index is 12.1. The first-order chi connectivity index (χ1) is 11.3. The molecule has 2 heterocycles. The maximum atomic E-state index is 12.1. The lowest BCUT2D eigenvalue weighted by molar-refractivity contribution is 0.619. The molecule has 5 rings (SSSR count). The van der Waals surface area contributed by atoms with Crippen molar-refractivity contribution in [3.63, 3.8) is 0 Å². The summed E-state index contributed by atoms with van der Waals surface area (Å²) >= 11 is 0. The zero-order chi connectivity index (χ0) is 15.4. The third-order valence-corrected chi connectivity index (χ3v) is 4.24. The quantitative estimate of drug-likeness (QED) is 0.310. The second-order valence-corrected chi connectivity index (χ2v) is 5.64. The van der Waals surface area contributed by atoms with Gasteiger partial charge in [0.2, 0.25) is 0 Å². The third-order valence-electron chi connectivity index (χ3n) is 4.24. The lowest BCUT2D eigenvalue weighted by Crippen LogP contribution is -2.02. The van der Waals surface area contributed by atoms with Gasteiger partial charge in [-0.3, -0.25) is 4.79 Å². The number of hydrogen-bond acceptors (Lipinski definition) is 3. The highest BCUT2D eigenvalue weighted by Gasteiger charge is 2.12. The molecule has 1 aromatic heterocycles. The van der Waals surface area contributed by atoms with Gasteiger partial charge >= 0.3 is 0 Å². The van der Waals surface area contributed by atoms with Crippen LogP contribution in [0.5, 0.6) is 0 Å². The molecule has 0 atom stereocenters. The molecule has 0 spiro atoms. The van der Waals surface area contributed by atoms with E-state index >= 15 is 0 Å². The van der Waals surface area contributed by atoms with Crippen molar-refractivity contribution in [2.24, 2.45) is 0 Å². The van der Waals surface area contributed by atoms with Crippen molar-refractivity contribution in [3.05, 3.63) is 77.0 Å². The topological polar surface area (TPSA) is 43.1 Å². The summed E-state index contributed by atoms with van der Waals surface area (Å²) in [7, 11) is 0. The van der Waals surface area contributed by atoms with Gasteiger partial charge in [-0.15, -0.1) is 0 Å². The van der Waals surface area contributed by atoms with Crippen LogP contribution in [0, 0.1) is 0 Å². The Labute approximate surface area is 131 Å². The summed E-state index contributed by atoms with van der Waals surface area (Å²) in [6, 6.07) is 21.0. The summed E-state index contributed by atoms with van der Waals surface area (Å²) in [5.74, 6) is 0.609. The zero-order valence-electron chi connectivity index (χ0n) is 12.1. The van der Waals surface area contributed by atoms with E-state index < -0.39 is 0 Å². The average Bonchev–Trinajstić information content (AvgIpc) is 2.59. The third kappa shape index (κ3) is 1.77. The Bertz CT molecular complexity index is 1240. The van der Waals surface area contributed by atoms with E-state index in [4.69, 9.17) is 9.40 Å². The Morgan fingerprint density at radius 1 is 0.783 bits per heavy atom. The fourth-order valence-corrected chi connectivity index (χ4v) is 3.11. The number of rotatable bonds is 0. The molecule has 3 aromatic rings. The molecule has 0 bridgehead atoms. The highest BCUT2D eigenvalue weighted by Crippen LogP contribution is 2.31. The van der Waals surface area contributed by atoms with Crippen LogP contribution >= 0.6 is 0 Å². The largest absolute Gasteiger partial charge is 0.456 e. The van der Waals surface area contributed by atoms with E-state index in [1.54, 1.807) is 12.1 Å². The molecular weight excluding hydrogens is 286 g/mol. The predicted octanol–water partition coefficient (Wildman–Crippen LogP) is 4.60. The predicted molar refractivity (Wildman–Crippen MR) is 91.9 cm³/mol. The molecule has 3 nitrogen and oxygen atoms in total. The zero-order valence-corrected chi connectivity index (χ0v) is 12.1. The Morgan fingerprint density at radius 3 is 2.65 bits per heavy atom. The van der Waals surface area contributed by atoms with E-state index in [0.717, 1.165) is 32.8 Å². The van der Waals surface area contributed by atoms with E-state index in [2.05, 4.69) is 6.07 Å². The smallest absolute Gasteiger partial charge is 0.189 e. The van der Waals surface area contributed by atoms with Crippen LogP contribution in [0.25, 0.3) is 44.1 Å². The van der Waals surface area contributed by atoms with Gasteiger partial charge in [-0.2, -0.15) is 0 Å². The van der Waals surface area contributed by atoms with Crippen LogP contribution in [0.4, 0.5) is 0 Å². The molecule has 0 N–H and O–H groups in total. The van der Waals surface area contributed by atoms with Crippen molar-refractivity contribution in [2.45, 2.75) is 0 Å². The highest BCUT2D eigenvalue weighted by atomic mass is 16.3. The first kappa shape index (κ1) is 12.4. The van der Waals surface area contributed by atoms with Gasteiger partial charge in [0.15, 0.2) is 5.43 Å². The van der Waals surface area contributed by atoms with Crippen molar-refractivity contribution in [1.29, 1.82) is 0 Å². The molecule has 1 aliphatic heterocycles. The Balaban J connectivity index is 2.02. The molecule has 2 aliphatic rings. The number of aromatic nitrogens is 1. The van der Waals surface area contributed by atoms with Crippen molar-refractivity contribution < 1.29 is 4.42 Å². The number of para-hydroxylation sites is 1. The van der Waals surface area contributed by atoms with Crippen molar-refractivity contribution in [2.75, 3.05) is 0 Å². The van der Waals surface area contributed by atoms with Gasteiger partial charge in [0.25, 0.3) is 0 Å². The van der Waals surface area contributed by atoms with Crippen LogP contribution in [0.1, 0.15) is 0 Å². The standard InChI is InChI=1S/C20H11NO2/c22-18-6-3-7-19-15(18)11-14-13-10-12-4-1-2-5-16(12)21-17(13)8-9-20(14)23-19/h1-11H. The van der Waals surface area contributed by atoms with Gasteiger partial charge in [0, 0.05) is 16.2 Å². The van der Waals surface area contributed by atoms with Gasteiger partial charge < -0.3 is 4.42 Å². The van der Waals surface area contributed by atoms with E-state index in [9.17, 15) is 4.79 Å². The number of fused-ring (bicyclic) bond motifs is 5. The Hall–Kier alpha value is -3.20. The van der Waals surface area contributed by atoms with Crippen molar-refractivity contribution >= 4 is 32.8 Å². The molecule has 0 fully saturated rings. The second-order valence-electron chi connectivity index (χ2n) is 5.64. The molecule has 0 saturated carbocycles. The summed E-state index contributed by atoms with van der Waals surface area (Å²) in [4.78, 5) is 16.8. The van der Waals surface area contributed by atoms with Gasteiger partial charge in [0.05, 0.1) is 16.6 Å². The van der Waals surface area contributed by atoms with Crippen LogP contribution in [-0.4, -0.2) is 4.98 Å².